The summed E-state index contributed by atoms with van der Waals surface area (Å²) in [6.45, 7) is 2.03. The van der Waals surface area contributed by atoms with E-state index in [1.54, 1.807) is 28.7 Å². The van der Waals surface area contributed by atoms with Gasteiger partial charge in [0.1, 0.15) is 0 Å². The first kappa shape index (κ1) is 13.5. The first-order valence-electron chi connectivity index (χ1n) is 5.46. The molecule has 0 amide bonds. The molecule has 0 spiro atoms. The smallest absolute Gasteiger partial charge is 0.361 e. The van der Waals surface area contributed by atoms with Crippen LogP contribution in [0.25, 0.3) is 11.3 Å². The molecule has 0 radical (unpaired) electrons. The average molecular weight is 365 g/mol. The molecule has 2 rings (SSSR count). The molecule has 0 aliphatic carbocycles. The zero-order valence-electron chi connectivity index (χ0n) is 9.61. The number of aryl methyl sites for hydroxylation is 1. The van der Waals surface area contributed by atoms with Gasteiger partial charge in [0.25, 0.3) is 0 Å². The molecule has 0 unspecified atom stereocenters. The van der Waals surface area contributed by atoms with Crippen molar-refractivity contribution in [2.75, 3.05) is 0 Å². The lowest BCUT2D eigenvalue weighted by Crippen LogP contribution is -2.07. The number of aromatic amines is 1. The molecule has 0 fully saturated rings. The van der Waals surface area contributed by atoms with Crippen molar-refractivity contribution in [2.24, 2.45) is 0 Å². The molecule has 0 saturated carbocycles. The number of hydrogen-bond donors (Lipinski definition) is 1. The van der Waals surface area contributed by atoms with Crippen LogP contribution < -0.4 is 0 Å². The SMILES string of the molecule is CCc1c[nH]c(-c2ccc(C(F)(F)F)c(I)c2)c1. The summed E-state index contributed by atoms with van der Waals surface area (Å²) < 4.78 is 38.1. The number of benzene rings is 1. The molecule has 0 bridgehead atoms. The molecule has 0 saturated heterocycles. The quantitative estimate of drug-likeness (QED) is 0.732. The number of alkyl halides is 3. The lowest BCUT2D eigenvalue weighted by molar-refractivity contribution is -0.138. The first-order chi connectivity index (χ1) is 8.41. The van der Waals surface area contributed by atoms with Crippen molar-refractivity contribution in [3.05, 3.63) is 45.2 Å². The van der Waals surface area contributed by atoms with Gasteiger partial charge in [0.15, 0.2) is 0 Å². The van der Waals surface area contributed by atoms with Gasteiger partial charge in [-0.05, 0) is 58.3 Å². The van der Waals surface area contributed by atoms with Crippen molar-refractivity contribution in [3.8, 4) is 11.3 Å². The molecule has 96 valence electrons. The summed E-state index contributed by atoms with van der Waals surface area (Å²) in [4.78, 5) is 3.07. The van der Waals surface area contributed by atoms with Crippen molar-refractivity contribution < 1.29 is 13.2 Å². The van der Waals surface area contributed by atoms with Crippen LogP contribution in [0.2, 0.25) is 0 Å². The second-order valence-corrected chi connectivity index (χ2v) is 5.13. The van der Waals surface area contributed by atoms with Crippen LogP contribution in [0.1, 0.15) is 18.1 Å². The second kappa shape index (κ2) is 4.95. The van der Waals surface area contributed by atoms with E-state index >= 15 is 0 Å². The van der Waals surface area contributed by atoms with Crippen molar-refractivity contribution in [2.45, 2.75) is 19.5 Å². The molecule has 18 heavy (non-hydrogen) atoms. The van der Waals surface area contributed by atoms with Gasteiger partial charge in [-0.1, -0.05) is 13.0 Å². The van der Waals surface area contributed by atoms with E-state index in [0.717, 1.165) is 29.3 Å². The number of hydrogen-bond acceptors (Lipinski definition) is 0. The van der Waals surface area contributed by atoms with Gasteiger partial charge < -0.3 is 4.98 Å². The minimum atomic E-state index is -4.29. The zero-order valence-corrected chi connectivity index (χ0v) is 11.8. The van der Waals surface area contributed by atoms with Crippen LogP contribution in [0.15, 0.2) is 30.5 Å². The van der Waals surface area contributed by atoms with Gasteiger partial charge in [-0.3, -0.25) is 0 Å². The van der Waals surface area contributed by atoms with E-state index in [1.165, 1.54) is 6.07 Å². The van der Waals surface area contributed by atoms with E-state index < -0.39 is 11.7 Å². The molecule has 0 aliphatic rings. The van der Waals surface area contributed by atoms with Gasteiger partial charge >= 0.3 is 6.18 Å². The van der Waals surface area contributed by atoms with Gasteiger partial charge in [0.2, 0.25) is 0 Å². The van der Waals surface area contributed by atoms with Crippen LogP contribution in [0.3, 0.4) is 0 Å². The molecule has 1 heterocycles. The van der Waals surface area contributed by atoms with E-state index in [1.807, 2.05) is 19.2 Å². The lowest BCUT2D eigenvalue weighted by Gasteiger charge is -2.10. The summed E-state index contributed by atoms with van der Waals surface area (Å²) >= 11 is 1.72. The molecule has 0 atom stereocenters. The molecule has 5 heteroatoms. The molecular formula is C13H11F3IN. The molecule has 2 aromatic rings. The Morgan fingerprint density at radius 3 is 2.44 bits per heavy atom. The zero-order chi connectivity index (χ0) is 13.3. The summed E-state index contributed by atoms with van der Waals surface area (Å²) in [5.41, 5.74) is 2.17. The van der Waals surface area contributed by atoms with Gasteiger partial charge in [-0.15, -0.1) is 0 Å². The summed E-state index contributed by atoms with van der Waals surface area (Å²) in [6, 6.07) is 6.13. The number of halogens is 4. The summed E-state index contributed by atoms with van der Waals surface area (Å²) in [6.07, 6.45) is -1.52. The molecule has 1 nitrogen and oxygen atoms in total. The monoisotopic (exact) mass is 365 g/mol. The largest absolute Gasteiger partial charge is 0.417 e. The fourth-order valence-electron chi connectivity index (χ4n) is 1.72. The van der Waals surface area contributed by atoms with Gasteiger partial charge in [0, 0.05) is 15.5 Å². The fraction of sp³-hybridized carbons (Fsp3) is 0.231. The van der Waals surface area contributed by atoms with E-state index in [0.29, 0.717) is 0 Å². The van der Waals surface area contributed by atoms with E-state index in [2.05, 4.69) is 4.98 Å². The van der Waals surface area contributed by atoms with Crippen molar-refractivity contribution >= 4 is 22.6 Å². The summed E-state index contributed by atoms with van der Waals surface area (Å²) in [5.74, 6) is 0. The van der Waals surface area contributed by atoms with Crippen molar-refractivity contribution in [1.82, 2.24) is 4.98 Å². The van der Waals surface area contributed by atoms with Crippen LogP contribution in [0.5, 0.6) is 0 Å². The predicted molar refractivity (Wildman–Crippen MR) is 73.3 cm³/mol. The normalized spacial score (nSPS) is 11.8. The highest BCUT2D eigenvalue weighted by atomic mass is 127. The molecule has 0 aliphatic heterocycles. The van der Waals surface area contributed by atoms with Gasteiger partial charge in [0.05, 0.1) is 5.56 Å². The highest BCUT2D eigenvalue weighted by Crippen LogP contribution is 2.34. The maximum absolute atomic E-state index is 12.6. The third-order valence-electron chi connectivity index (χ3n) is 2.74. The van der Waals surface area contributed by atoms with Crippen LogP contribution in [0, 0.1) is 3.57 Å². The predicted octanol–water partition coefficient (Wildman–Crippen LogP) is 4.87. The van der Waals surface area contributed by atoms with E-state index in [9.17, 15) is 13.2 Å². The lowest BCUT2D eigenvalue weighted by atomic mass is 10.1. The van der Waals surface area contributed by atoms with Crippen molar-refractivity contribution in [3.63, 3.8) is 0 Å². The Morgan fingerprint density at radius 2 is 1.94 bits per heavy atom. The summed E-state index contributed by atoms with van der Waals surface area (Å²) in [7, 11) is 0. The number of aromatic nitrogens is 1. The Balaban J connectivity index is 2.40. The van der Waals surface area contributed by atoms with Crippen molar-refractivity contribution in [1.29, 1.82) is 0 Å². The summed E-state index contributed by atoms with van der Waals surface area (Å²) in [5, 5.41) is 0. The van der Waals surface area contributed by atoms with Crippen LogP contribution in [-0.2, 0) is 12.6 Å². The highest BCUT2D eigenvalue weighted by Gasteiger charge is 2.32. The Bertz CT molecular complexity index is 558. The van der Waals surface area contributed by atoms with E-state index in [-0.39, 0.29) is 3.57 Å². The Kier molecular flexibility index (Phi) is 3.70. The first-order valence-corrected chi connectivity index (χ1v) is 6.54. The minimum Gasteiger partial charge on any atom is -0.361 e. The molecule has 1 N–H and O–H groups in total. The number of H-pyrrole nitrogens is 1. The number of nitrogens with one attached hydrogen (secondary N) is 1. The van der Waals surface area contributed by atoms with Crippen LogP contribution in [-0.4, -0.2) is 4.98 Å². The standard InChI is InChI=1S/C13H11F3IN/c1-2-8-5-12(18-7-8)9-3-4-10(11(17)6-9)13(14,15)16/h3-7,18H,2H2,1H3. The van der Waals surface area contributed by atoms with Gasteiger partial charge in [-0.2, -0.15) is 13.2 Å². The Morgan fingerprint density at radius 1 is 1.22 bits per heavy atom. The Hall–Kier alpha value is -0.980. The highest BCUT2D eigenvalue weighted by molar-refractivity contribution is 14.1. The van der Waals surface area contributed by atoms with Gasteiger partial charge in [-0.25, -0.2) is 0 Å². The fourth-order valence-corrected chi connectivity index (χ4v) is 2.54. The molecule has 1 aromatic heterocycles. The minimum absolute atomic E-state index is 0.213. The Labute approximate surface area is 117 Å². The number of rotatable bonds is 2. The average Bonchev–Trinajstić information content (AvgIpc) is 2.75. The third kappa shape index (κ3) is 2.71. The topological polar surface area (TPSA) is 15.8 Å². The molecular weight excluding hydrogens is 354 g/mol. The molecule has 1 aromatic carbocycles. The maximum Gasteiger partial charge on any atom is 0.417 e. The second-order valence-electron chi connectivity index (χ2n) is 3.97. The van der Waals surface area contributed by atoms with Crippen LogP contribution >= 0.6 is 22.6 Å². The third-order valence-corrected chi connectivity index (χ3v) is 3.63. The maximum atomic E-state index is 12.6. The van der Waals surface area contributed by atoms with E-state index in [4.69, 9.17) is 0 Å². The van der Waals surface area contributed by atoms with Crippen LogP contribution in [0.4, 0.5) is 13.2 Å².